The van der Waals surface area contributed by atoms with Crippen molar-refractivity contribution in [3.63, 3.8) is 0 Å². The van der Waals surface area contributed by atoms with E-state index in [1.165, 1.54) is 6.07 Å². The second-order valence-corrected chi connectivity index (χ2v) is 5.81. The number of rotatable bonds is 4. The minimum Gasteiger partial charge on any atom is -0.274 e. The molecule has 7 nitrogen and oxygen atoms in total. The summed E-state index contributed by atoms with van der Waals surface area (Å²) in [7, 11) is -3.59. The number of hydroxylamine groups is 1. The molecule has 0 aliphatic carbocycles. The van der Waals surface area contributed by atoms with Gasteiger partial charge in [0.25, 0.3) is 15.9 Å². The average Bonchev–Trinajstić information content (AvgIpc) is 2.68. The number of hydrogen-bond donors (Lipinski definition) is 2. The highest BCUT2D eigenvalue weighted by atomic mass is 32.2. The third-order valence-corrected chi connectivity index (χ3v) is 4.08. The van der Waals surface area contributed by atoms with Crippen LogP contribution in [0.15, 0.2) is 34.2 Å². The Labute approximate surface area is 117 Å². The van der Waals surface area contributed by atoms with Gasteiger partial charge in [-0.1, -0.05) is 12.1 Å². The number of benzene rings is 1. The summed E-state index contributed by atoms with van der Waals surface area (Å²) in [4.78, 5) is 20.7. The van der Waals surface area contributed by atoms with Crippen LogP contribution in [0.5, 0.6) is 0 Å². The van der Waals surface area contributed by atoms with Crippen LogP contribution in [0.1, 0.15) is 19.4 Å². The van der Waals surface area contributed by atoms with Gasteiger partial charge in [0.05, 0.1) is 11.5 Å². The van der Waals surface area contributed by atoms with Crippen molar-refractivity contribution in [1.29, 1.82) is 0 Å². The number of amides is 1. The Kier molecular flexibility index (Phi) is 4.05. The third kappa shape index (κ3) is 2.81. The number of sulfonamides is 1. The van der Waals surface area contributed by atoms with Gasteiger partial charge in [-0.3, -0.25) is 19.3 Å². The highest BCUT2D eigenvalue weighted by Gasteiger charge is 2.31. The molecule has 1 aromatic rings. The summed E-state index contributed by atoms with van der Waals surface area (Å²) in [6, 6.07) is 5.70. The fourth-order valence-corrected chi connectivity index (χ4v) is 2.95. The van der Waals surface area contributed by atoms with Crippen molar-refractivity contribution in [2.24, 2.45) is 4.99 Å². The van der Waals surface area contributed by atoms with Crippen LogP contribution in [0.2, 0.25) is 0 Å². The van der Waals surface area contributed by atoms with Gasteiger partial charge in [0.1, 0.15) is 11.9 Å². The highest BCUT2D eigenvalue weighted by molar-refractivity contribution is 7.90. The minimum absolute atomic E-state index is 0.163. The zero-order valence-electron chi connectivity index (χ0n) is 11.1. The van der Waals surface area contributed by atoms with Crippen LogP contribution in [0.4, 0.5) is 0 Å². The van der Waals surface area contributed by atoms with E-state index < -0.39 is 22.0 Å². The number of fused-ring (bicyclic) bond motifs is 1. The van der Waals surface area contributed by atoms with Gasteiger partial charge < -0.3 is 0 Å². The van der Waals surface area contributed by atoms with Crippen LogP contribution in [-0.4, -0.2) is 32.8 Å². The highest BCUT2D eigenvalue weighted by Crippen LogP contribution is 2.22. The first-order valence-electron chi connectivity index (χ1n) is 6.07. The molecule has 8 heteroatoms. The fraction of sp³-hybridized carbons (Fsp3) is 0.333. The minimum atomic E-state index is -3.59. The molecule has 0 radical (unpaired) electrons. The van der Waals surface area contributed by atoms with Crippen LogP contribution < -0.4 is 10.2 Å². The molecule has 108 valence electrons. The number of nitrogens with one attached hydrogen (secondary N) is 2. The number of nitrogens with zero attached hydrogens (tertiary/aromatic N) is 1. The Morgan fingerprint density at radius 1 is 1.45 bits per heavy atom. The Bertz CT molecular complexity index is 654. The lowest BCUT2D eigenvalue weighted by molar-refractivity contribution is -0.134. The van der Waals surface area contributed by atoms with E-state index in [4.69, 9.17) is 4.84 Å². The second-order valence-electron chi connectivity index (χ2n) is 4.15. The van der Waals surface area contributed by atoms with Crippen molar-refractivity contribution in [3.8, 4) is 0 Å². The molecule has 0 fully saturated rings. The van der Waals surface area contributed by atoms with E-state index in [1.807, 2.05) is 0 Å². The maximum absolute atomic E-state index is 11.9. The zero-order chi connectivity index (χ0) is 14.8. The smallest absolute Gasteiger partial charge is 0.268 e. The summed E-state index contributed by atoms with van der Waals surface area (Å²) in [6.07, 6.45) is 0. The molecule has 0 unspecified atom stereocenters. The quantitative estimate of drug-likeness (QED) is 0.775. The van der Waals surface area contributed by atoms with E-state index in [0.717, 1.165) is 0 Å². The van der Waals surface area contributed by atoms with Crippen molar-refractivity contribution in [3.05, 3.63) is 29.8 Å². The molecular weight excluding hydrogens is 282 g/mol. The van der Waals surface area contributed by atoms with Crippen LogP contribution in [0, 0.1) is 0 Å². The van der Waals surface area contributed by atoms with Crippen molar-refractivity contribution in [1.82, 2.24) is 10.2 Å². The summed E-state index contributed by atoms with van der Waals surface area (Å²) in [6.45, 7) is 3.62. The first-order valence-corrected chi connectivity index (χ1v) is 7.55. The number of amidine groups is 1. The maximum Gasteiger partial charge on any atom is 0.268 e. The summed E-state index contributed by atoms with van der Waals surface area (Å²) in [5.74, 6) is -0.275. The first-order chi connectivity index (χ1) is 9.45. The Morgan fingerprint density at radius 2 is 2.15 bits per heavy atom. The Balaban J connectivity index is 2.27. The number of carbonyl (C=O) groups is 1. The van der Waals surface area contributed by atoms with E-state index in [2.05, 4.69) is 15.2 Å². The molecular formula is C12H15N3O4S. The molecule has 0 aromatic heterocycles. The lowest BCUT2D eigenvalue weighted by atomic mass is 10.2. The van der Waals surface area contributed by atoms with Crippen molar-refractivity contribution in [2.75, 3.05) is 6.61 Å². The fourth-order valence-electron chi connectivity index (χ4n) is 1.71. The molecule has 1 aromatic carbocycles. The maximum atomic E-state index is 11.9. The van der Waals surface area contributed by atoms with E-state index in [-0.39, 0.29) is 10.7 Å². The standard InChI is InChI=1S/C12H15N3O4S/c1-3-19-14-12(16)8(2)13-11-9-6-4-5-7-10(9)20(17,18)15-11/h4-8H,3H2,1-2H3,(H,13,15)(H,14,16)/t8-/m0/s1. The third-order valence-electron chi connectivity index (χ3n) is 2.68. The largest absolute Gasteiger partial charge is 0.274 e. The molecule has 1 aliphatic rings. The van der Waals surface area contributed by atoms with E-state index in [0.29, 0.717) is 12.2 Å². The number of aliphatic imine (C=N–C) groups is 1. The Hall–Kier alpha value is -1.93. The topological polar surface area (TPSA) is 96.9 Å². The molecule has 0 saturated heterocycles. The molecule has 0 saturated carbocycles. The van der Waals surface area contributed by atoms with Gasteiger partial charge in [-0.2, -0.15) is 0 Å². The predicted molar refractivity (Wildman–Crippen MR) is 72.5 cm³/mol. The lowest BCUT2D eigenvalue weighted by Gasteiger charge is -2.08. The van der Waals surface area contributed by atoms with Crippen molar-refractivity contribution >= 4 is 21.8 Å². The molecule has 20 heavy (non-hydrogen) atoms. The normalized spacial score (nSPS) is 19.2. The molecule has 0 bridgehead atoms. The molecule has 1 atom stereocenters. The number of hydrogen-bond acceptors (Lipinski definition) is 5. The van der Waals surface area contributed by atoms with Gasteiger partial charge in [-0.25, -0.2) is 13.9 Å². The molecule has 1 aliphatic heterocycles. The van der Waals surface area contributed by atoms with Crippen LogP contribution >= 0.6 is 0 Å². The predicted octanol–water partition coefficient (Wildman–Crippen LogP) is 0.181. The molecule has 2 rings (SSSR count). The van der Waals surface area contributed by atoms with Gasteiger partial charge in [-0.15, -0.1) is 0 Å². The van der Waals surface area contributed by atoms with Gasteiger partial charge in [0, 0.05) is 5.56 Å². The summed E-state index contributed by atoms with van der Waals surface area (Å²) in [5, 5.41) is 0. The SMILES string of the molecule is CCONC(=O)[C@H](C)N=C1NS(=O)(=O)c2ccccc21. The summed E-state index contributed by atoms with van der Waals surface area (Å²) >= 11 is 0. The molecule has 1 amide bonds. The van der Waals surface area contributed by atoms with Crippen LogP contribution in [0.25, 0.3) is 0 Å². The van der Waals surface area contributed by atoms with Gasteiger partial charge in [0.2, 0.25) is 0 Å². The van der Waals surface area contributed by atoms with Crippen molar-refractivity contribution < 1.29 is 18.0 Å². The zero-order valence-corrected chi connectivity index (χ0v) is 11.9. The molecule has 0 spiro atoms. The Morgan fingerprint density at radius 3 is 2.85 bits per heavy atom. The summed E-state index contributed by atoms with van der Waals surface area (Å²) < 4.78 is 26.1. The van der Waals surface area contributed by atoms with E-state index >= 15 is 0 Å². The number of carbonyl (C=O) groups excluding carboxylic acids is 1. The first kappa shape index (κ1) is 14.5. The van der Waals surface area contributed by atoms with Crippen molar-refractivity contribution in [2.45, 2.75) is 24.8 Å². The van der Waals surface area contributed by atoms with Gasteiger partial charge in [-0.05, 0) is 26.0 Å². The molecule has 2 N–H and O–H groups in total. The average molecular weight is 297 g/mol. The monoisotopic (exact) mass is 297 g/mol. The van der Waals surface area contributed by atoms with Gasteiger partial charge >= 0.3 is 0 Å². The van der Waals surface area contributed by atoms with Gasteiger partial charge in [0.15, 0.2) is 0 Å². The van der Waals surface area contributed by atoms with Crippen LogP contribution in [-0.2, 0) is 19.7 Å². The lowest BCUT2D eigenvalue weighted by Crippen LogP contribution is -2.34. The molecule has 1 heterocycles. The van der Waals surface area contributed by atoms with E-state index in [9.17, 15) is 13.2 Å². The van der Waals surface area contributed by atoms with Crippen LogP contribution in [0.3, 0.4) is 0 Å². The second kappa shape index (κ2) is 5.59. The summed E-state index contributed by atoms with van der Waals surface area (Å²) in [5.41, 5.74) is 2.69. The van der Waals surface area contributed by atoms with E-state index in [1.54, 1.807) is 32.0 Å².